The standard InChI is InChI=1S/C23H24BrN5O/c1-15-10-23(11-15,22-27-26-14-28(22)2)17-8-19(24)21-20(9-17)29(13-25-21)12-16-4-6-18(30-3)7-5-16/h4-9,13-15H,10-12H2,1-3H3. The van der Waals surface area contributed by atoms with Crippen molar-refractivity contribution in [3.63, 3.8) is 0 Å². The number of hydrogen-bond acceptors (Lipinski definition) is 4. The van der Waals surface area contributed by atoms with Crippen LogP contribution in [0.3, 0.4) is 0 Å². The Morgan fingerprint density at radius 1 is 1.17 bits per heavy atom. The van der Waals surface area contributed by atoms with Crippen LogP contribution in [0.15, 0.2) is 53.5 Å². The maximum absolute atomic E-state index is 5.28. The zero-order valence-electron chi connectivity index (χ0n) is 17.3. The molecule has 154 valence electrons. The molecule has 5 rings (SSSR count). The Balaban J connectivity index is 1.59. The second-order valence-electron chi connectivity index (χ2n) is 8.41. The molecule has 0 saturated heterocycles. The highest BCUT2D eigenvalue weighted by molar-refractivity contribution is 9.10. The Morgan fingerprint density at radius 3 is 2.57 bits per heavy atom. The van der Waals surface area contributed by atoms with E-state index >= 15 is 0 Å². The van der Waals surface area contributed by atoms with Gasteiger partial charge in [0, 0.05) is 18.1 Å². The van der Waals surface area contributed by atoms with Crippen LogP contribution in [0.1, 0.15) is 36.7 Å². The zero-order chi connectivity index (χ0) is 20.9. The Labute approximate surface area is 184 Å². The number of nitrogens with zero attached hydrogens (tertiary/aromatic N) is 5. The second kappa shape index (κ2) is 7.23. The quantitative estimate of drug-likeness (QED) is 0.428. The van der Waals surface area contributed by atoms with Crippen molar-refractivity contribution in [3.05, 3.63) is 70.5 Å². The molecule has 6 nitrogen and oxygen atoms in total. The van der Waals surface area contributed by atoms with Crippen molar-refractivity contribution >= 4 is 27.0 Å². The first-order chi connectivity index (χ1) is 14.5. The van der Waals surface area contributed by atoms with Crippen LogP contribution in [0.4, 0.5) is 0 Å². The number of halogens is 1. The lowest BCUT2D eigenvalue weighted by atomic mass is 9.58. The van der Waals surface area contributed by atoms with Crippen LogP contribution in [-0.4, -0.2) is 31.4 Å². The first kappa shape index (κ1) is 19.3. The maximum Gasteiger partial charge on any atom is 0.143 e. The Kier molecular flexibility index (Phi) is 4.65. The summed E-state index contributed by atoms with van der Waals surface area (Å²) in [4.78, 5) is 4.67. The fourth-order valence-corrected chi connectivity index (χ4v) is 5.40. The number of aromatic nitrogens is 5. The van der Waals surface area contributed by atoms with Gasteiger partial charge in [-0.3, -0.25) is 0 Å². The first-order valence-corrected chi connectivity index (χ1v) is 10.9. The maximum atomic E-state index is 5.28. The van der Waals surface area contributed by atoms with Crippen LogP contribution < -0.4 is 4.74 Å². The fourth-order valence-electron chi connectivity index (χ4n) is 4.84. The van der Waals surface area contributed by atoms with E-state index in [0.717, 1.165) is 46.5 Å². The Bertz CT molecular complexity index is 1200. The van der Waals surface area contributed by atoms with Gasteiger partial charge in [0.25, 0.3) is 0 Å². The van der Waals surface area contributed by atoms with Gasteiger partial charge in [-0.15, -0.1) is 10.2 Å². The number of ether oxygens (including phenoxy) is 1. The van der Waals surface area contributed by atoms with Crippen molar-refractivity contribution in [2.75, 3.05) is 7.11 Å². The highest BCUT2D eigenvalue weighted by Gasteiger charge is 2.48. The third-order valence-corrected chi connectivity index (χ3v) is 6.88. The number of methoxy groups -OCH3 is 1. The summed E-state index contributed by atoms with van der Waals surface area (Å²) in [7, 11) is 3.72. The fraction of sp³-hybridized carbons (Fsp3) is 0.348. The number of imidazole rings is 1. The molecule has 0 N–H and O–H groups in total. The molecular weight excluding hydrogens is 442 g/mol. The number of fused-ring (bicyclic) bond motifs is 1. The van der Waals surface area contributed by atoms with Crippen molar-refractivity contribution in [2.45, 2.75) is 31.7 Å². The Morgan fingerprint density at radius 2 is 1.93 bits per heavy atom. The summed E-state index contributed by atoms with van der Waals surface area (Å²) in [6.45, 7) is 3.06. The van der Waals surface area contributed by atoms with Crippen molar-refractivity contribution in [1.82, 2.24) is 24.3 Å². The molecule has 0 atom stereocenters. The molecule has 0 unspecified atom stereocenters. The molecule has 1 saturated carbocycles. The molecule has 30 heavy (non-hydrogen) atoms. The highest BCUT2D eigenvalue weighted by Crippen LogP contribution is 2.52. The summed E-state index contributed by atoms with van der Waals surface area (Å²) in [5, 5.41) is 8.64. The van der Waals surface area contributed by atoms with Crippen LogP contribution in [0.2, 0.25) is 0 Å². The average molecular weight is 466 g/mol. The molecule has 2 aromatic carbocycles. The second-order valence-corrected chi connectivity index (χ2v) is 9.26. The van der Waals surface area contributed by atoms with Crippen molar-refractivity contribution < 1.29 is 4.74 Å². The van der Waals surface area contributed by atoms with Crippen LogP contribution in [0, 0.1) is 5.92 Å². The van der Waals surface area contributed by atoms with E-state index in [1.165, 1.54) is 11.1 Å². The van der Waals surface area contributed by atoms with Crippen LogP contribution >= 0.6 is 15.9 Å². The van der Waals surface area contributed by atoms with Crippen molar-refractivity contribution in [3.8, 4) is 5.75 Å². The third kappa shape index (κ3) is 3.03. The molecule has 0 bridgehead atoms. The van der Waals surface area contributed by atoms with Gasteiger partial charge in [-0.2, -0.15) is 0 Å². The normalized spacial score (nSPS) is 21.0. The minimum absolute atomic E-state index is 0.101. The van der Waals surface area contributed by atoms with Crippen LogP contribution in [-0.2, 0) is 19.0 Å². The van der Waals surface area contributed by atoms with E-state index in [0.29, 0.717) is 5.92 Å². The van der Waals surface area contributed by atoms with Gasteiger partial charge >= 0.3 is 0 Å². The smallest absolute Gasteiger partial charge is 0.143 e. The molecule has 0 amide bonds. The first-order valence-electron chi connectivity index (χ1n) is 10.1. The van der Waals surface area contributed by atoms with Gasteiger partial charge in [0.2, 0.25) is 0 Å². The lowest BCUT2D eigenvalue weighted by Gasteiger charge is -2.46. The SMILES string of the molecule is COc1ccc(Cn2cnc3c(Br)cc(C4(c5nncn5C)CC(C)C4)cc32)cc1. The third-order valence-electron chi connectivity index (χ3n) is 6.28. The molecule has 1 aliphatic carbocycles. The predicted molar refractivity (Wildman–Crippen MR) is 120 cm³/mol. The molecule has 2 aromatic heterocycles. The van der Waals surface area contributed by atoms with Crippen LogP contribution in [0.25, 0.3) is 11.0 Å². The minimum atomic E-state index is -0.101. The van der Waals surface area contributed by atoms with E-state index in [4.69, 9.17) is 4.74 Å². The van der Waals surface area contributed by atoms with Crippen molar-refractivity contribution in [2.24, 2.45) is 13.0 Å². The molecular formula is C23H24BrN5O. The topological polar surface area (TPSA) is 57.8 Å². The van der Waals surface area contributed by atoms with Gasteiger partial charge < -0.3 is 13.9 Å². The summed E-state index contributed by atoms with van der Waals surface area (Å²) in [5.41, 5.74) is 4.48. The van der Waals surface area contributed by atoms with Gasteiger partial charge in [0.15, 0.2) is 0 Å². The minimum Gasteiger partial charge on any atom is -0.497 e. The van der Waals surface area contributed by atoms with Gasteiger partial charge in [-0.1, -0.05) is 19.1 Å². The molecule has 0 radical (unpaired) electrons. The summed E-state index contributed by atoms with van der Waals surface area (Å²) in [5.74, 6) is 2.57. The Hall–Kier alpha value is -2.67. The van der Waals surface area contributed by atoms with E-state index in [-0.39, 0.29) is 5.41 Å². The predicted octanol–water partition coefficient (Wildman–Crippen LogP) is 4.70. The molecule has 1 fully saturated rings. The molecule has 4 aromatic rings. The number of hydrogen-bond donors (Lipinski definition) is 0. The summed E-state index contributed by atoms with van der Waals surface area (Å²) in [6, 6.07) is 12.7. The number of benzene rings is 2. The van der Waals surface area contributed by atoms with Gasteiger partial charge in [-0.05, 0) is 70.1 Å². The number of aryl methyl sites for hydroxylation is 1. The highest BCUT2D eigenvalue weighted by atomic mass is 79.9. The van der Waals surface area contributed by atoms with E-state index in [2.05, 4.69) is 71.4 Å². The van der Waals surface area contributed by atoms with E-state index < -0.39 is 0 Å². The van der Waals surface area contributed by atoms with Gasteiger partial charge in [-0.25, -0.2) is 4.98 Å². The molecule has 2 heterocycles. The van der Waals surface area contributed by atoms with Gasteiger partial charge in [0.1, 0.15) is 23.4 Å². The van der Waals surface area contributed by atoms with Gasteiger partial charge in [0.05, 0.1) is 24.4 Å². The lowest BCUT2D eigenvalue weighted by Crippen LogP contribution is -2.43. The average Bonchev–Trinajstić information content (AvgIpc) is 3.33. The zero-order valence-corrected chi connectivity index (χ0v) is 18.9. The largest absolute Gasteiger partial charge is 0.497 e. The molecule has 7 heteroatoms. The molecule has 0 aliphatic heterocycles. The summed E-state index contributed by atoms with van der Waals surface area (Å²) < 4.78 is 10.6. The van der Waals surface area contributed by atoms with Crippen molar-refractivity contribution in [1.29, 1.82) is 0 Å². The van der Waals surface area contributed by atoms with E-state index in [9.17, 15) is 0 Å². The monoisotopic (exact) mass is 465 g/mol. The molecule has 0 spiro atoms. The molecule has 1 aliphatic rings. The van der Waals surface area contributed by atoms with E-state index in [1.807, 2.05) is 25.5 Å². The number of rotatable bonds is 5. The lowest BCUT2D eigenvalue weighted by molar-refractivity contribution is 0.185. The summed E-state index contributed by atoms with van der Waals surface area (Å²) in [6.07, 6.45) is 5.86. The van der Waals surface area contributed by atoms with Crippen LogP contribution in [0.5, 0.6) is 5.75 Å². The summed E-state index contributed by atoms with van der Waals surface area (Å²) >= 11 is 3.77. The van der Waals surface area contributed by atoms with E-state index in [1.54, 1.807) is 13.4 Å².